The highest BCUT2D eigenvalue weighted by molar-refractivity contribution is 4.72. The van der Waals surface area contributed by atoms with Gasteiger partial charge in [0.05, 0.1) is 0 Å². The van der Waals surface area contributed by atoms with Gasteiger partial charge in [0.2, 0.25) is 0 Å². The van der Waals surface area contributed by atoms with Crippen LogP contribution in [0.2, 0.25) is 0 Å². The first-order valence-corrected chi connectivity index (χ1v) is 6.59. The van der Waals surface area contributed by atoms with E-state index in [1.165, 1.54) is 41.4 Å². The number of nitrogens with zero attached hydrogens (tertiary/aromatic N) is 3. The van der Waals surface area contributed by atoms with Crippen LogP contribution >= 0.6 is 0 Å². The fraction of sp³-hybridized carbons (Fsp3) is 0.833. The van der Waals surface area contributed by atoms with E-state index in [0.717, 1.165) is 13.0 Å². The van der Waals surface area contributed by atoms with Crippen LogP contribution in [0.1, 0.15) is 38.5 Å². The van der Waals surface area contributed by atoms with Crippen LogP contribution < -0.4 is 11.0 Å². The fourth-order valence-corrected chi connectivity index (χ4v) is 2.42. The molecule has 0 unspecified atom stereocenters. The molecule has 0 aliphatic heterocycles. The van der Waals surface area contributed by atoms with Gasteiger partial charge in [0.1, 0.15) is 6.33 Å². The predicted molar refractivity (Wildman–Crippen MR) is 67.0 cm³/mol. The average molecular weight is 238 g/mol. The van der Waals surface area contributed by atoms with E-state index >= 15 is 0 Å². The molecule has 1 fully saturated rings. The summed E-state index contributed by atoms with van der Waals surface area (Å²) in [5, 5.41) is 7.61. The molecule has 1 aromatic rings. The summed E-state index contributed by atoms with van der Waals surface area (Å²) in [4.78, 5) is 11.5. The van der Waals surface area contributed by atoms with Crippen LogP contribution in [0, 0.1) is 0 Å². The lowest BCUT2D eigenvalue weighted by Crippen LogP contribution is -2.33. The van der Waals surface area contributed by atoms with Crippen molar-refractivity contribution in [2.45, 2.75) is 51.1 Å². The van der Waals surface area contributed by atoms with Gasteiger partial charge in [-0.3, -0.25) is 4.57 Å². The summed E-state index contributed by atoms with van der Waals surface area (Å²) in [6.07, 6.45) is 9.26. The van der Waals surface area contributed by atoms with Crippen LogP contribution in [-0.4, -0.2) is 26.9 Å². The third-order valence-corrected chi connectivity index (χ3v) is 3.47. The van der Waals surface area contributed by atoms with Gasteiger partial charge < -0.3 is 5.32 Å². The van der Waals surface area contributed by atoms with E-state index in [1.807, 2.05) is 0 Å². The molecule has 1 aliphatic rings. The minimum Gasteiger partial charge on any atom is -0.314 e. The Balaban J connectivity index is 1.66. The zero-order valence-corrected chi connectivity index (χ0v) is 10.6. The summed E-state index contributed by atoms with van der Waals surface area (Å²) in [5.41, 5.74) is -0.0253. The van der Waals surface area contributed by atoms with Crippen molar-refractivity contribution < 1.29 is 0 Å². The molecule has 0 saturated heterocycles. The lowest BCUT2D eigenvalue weighted by molar-refractivity contribution is 0.366. The summed E-state index contributed by atoms with van der Waals surface area (Å²) in [6.45, 7) is 1.69. The highest BCUT2D eigenvalue weighted by atomic mass is 16.2. The summed E-state index contributed by atoms with van der Waals surface area (Å²) in [7, 11) is 1.73. The third-order valence-electron chi connectivity index (χ3n) is 3.47. The molecule has 1 heterocycles. The average Bonchev–Trinajstić information content (AvgIpc) is 2.67. The molecule has 0 atom stereocenters. The Morgan fingerprint density at radius 3 is 2.82 bits per heavy atom. The van der Waals surface area contributed by atoms with Crippen LogP contribution in [0.4, 0.5) is 0 Å². The van der Waals surface area contributed by atoms with E-state index in [4.69, 9.17) is 0 Å². The van der Waals surface area contributed by atoms with Gasteiger partial charge in [0.15, 0.2) is 0 Å². The zero-order chi connectivity index (χ0) is 12.1. The van der Waals surface area contributed by atoms with Crippen molar-refractivity contribution in [2.75, 3.05) is 6.54 Å². The van der Waals surface area contributed by atoms with E-state index in [1.54, 1.807) is 13.4 Å². The first-order chi connectivity index (χ1) is 8.27. The van der Waals surface area contributed by atoms with E-state index in [2.05, 4.69) is 10.4 Å². The number of hydrogen-bond acceptors (Lipinski definition) is 3. The first kappa shape index (κ1) is 12.4. The maximum atomic E-state index is 11.5. The Morgan fingerprint density at radius 2 is 2.18 bits per heavy atom. The van der Waals surface area contributed by atoms with Crippen molar-refractivity contribution in [1.29, 1.82) is 0 Å². The van der Waals surface area contributed by atoms with Crippen LogP contribution in [-0.2, 0) is 13.6 Å². The predicted octanol–water partition coefficient (Wildman–Crippen LogP) is 0.894. The Morgan fingerprint density at radius 1 is 1.41 bits per heavy atom. The van der Waals surface area contributed by atoms with Crippen molar-refractivity contribution in [3.63, 3.8) is 0 Å². The van der Waals surface area contributed by atoms with Crippen LogP contribution in [0.25, 0.3) is 0 Å². The Kier molecular flexibility index (Phi) is 4.36. The lowest BCUT2D eigenvalue weighted by Gasteiger charge is -2.22. The standard InChI is InChI=1S/C12H22N4O/c1-15-10-14-16(12(15)17)9-5-8-13-11-6-3-2-4-7-11/h10-11,13H,2-9H2,1H3. The van der Waals surface area contributed by atoms with Crippen LogP contribution in [0.15, 0.2) is 11.1 Å². The molecule has 0 bridgehead atoms. The fourth-order valence-electron chi connectivity index (χ4n) is 2.42. The van der Waals surface area contributed by atoms with Crippen molar-refractivity contribution in [3.05, 3.63) is 16.8 Å². The van der Waals surface area contributed by atoms with E-state index in [0.29, 0.717) is 12.6 Å². The molecule has 0 radical (unpaired) electrons. The Bertz CT molecular complexity index is 389. The maximum absolute atomic E-state index is 11.5. The van der Waals surface area contributed by atoms with Gasteiger partial charge in [-0.05, 0) is 25.8 Å². The molecule has 17 heavy (non-hydrogen) atoms. The molecule has 0 aromatic carbocycles. The quantitative estimate of drug-likeness (QED) is 0.775. The number of aromatic nitrogens is 3. The zero-order valence-electron chi connectivity index (χ0n) is 10.6. The minimum atomic E-state index is -0.0253. The summed E-state index contributed by atoms with van der Waals surface area (Å²) in [6, 6.07) is 0.698. The lowest BCUT2D eigenvalue weighted by atomic mass is 9.95. The monoisotopic (exact) mass is 238 g/mol. The normalized spacial score (nSPS) is 17.5. The molecular formula is C12H22N4O. The van der Waals surface area contributed by atoms with Crippen LogP contribution in [0.3, 0.4) is 0 Å². The summed E-state index contributed by atoms with van der Waals surface area (Å²) < 4.78 is 3.04. The molecule has 1 aromatic heterocycles. The van der Waals surface area contributed by atoms with Gasteiger partial charge in [0, 0.05) is 19.6 Å². The SMILES string of the molecule is Cn1cnn(CCCNC2CCCCC2)c1=O. The van der Waals surface area contributed by atoms with Gasteiger partial charge in [-0.2, -0.15) is 5.10 Å². The molecule has 1 saturated carbocycles. The highest BCUT2D eigenvalue weighted by Gasteiger charge is 2.11. The van der Waals surface area contributed by atoms with Gasteiger partial charge >= 0.3 is 5.69 Å². The molecule has 5 heteroatoms. The summed E-state index contributed by atoms with van der Waals surface area (Å²) >= 11 is 0. The van der Waals surface area contributed by atoms with Gasteiger partial charge in [-0.25, -0.2) is 9.48 Å². The number of rotatable bonds is 5. The second-order valence-corrected chi connectivity index (χ2v) is 4.89. The van der Waals surface area contributed by atoms with Gasteiger partial charge in [-0.1, -0.05) is 19.3 Å². The van der Waals surface area contributed by atoms with E-state index in [9.17, 15) is 4.79 Å². The second-order valence-electron chi connectivity index (χ2n) is 4.89. The number of aryl methyl sites for hydroxylation is 2. The van der Waals surface area contributed by atoms with Crippen molar-refractivity contribution >= 4 is 0 Å². The topological polar surface area (TPSA) is 51.9 Å². The molecule has 96 valence electrons. The van der Waals surface area contributed by atoms with Crippen molar-refractivity contribution in [1.82, 2.24) is 19.7 Å². The van der Waals surface area contributed by atoms with Crippen LogP contribution in [0.5, 0.6) is 0 Å². The first-order valence-electron chi connectivity index (χ1n) is 6.59. The number of hydrogen-bond donors (Lipinski definition) is 1. The van der Waals surface area contributed by atoms with E-state index < -0.39 is 0 Å². The Labute approximate surface area is 102 Å². The van der Waals surface area contributed by atoms with Crippen molar-refractivity contribution in [2.24, 2.45) is 7.05 Å². The van der Waals surface area contributed by atoms with Gasteiger partial charge in [-0.15, -0.1) is 0 Å². The molecule has 1 N–H and O–H groups in total. The maximum Gasteiger partial charge on any atom is 0.345 e. The molecule has 0 amide bonds. The van der Waals surface area contributed by atoms with E-state index in [-0.39, 0.29) is 5.69 Å². The van der Waals surface area contributed by atoms with Gasteiger partial charge in [0.25, 0.3) is 0 Å². The molecule has 2 rings (SSSR count). The molecule has 1 aliphatic carbocycles. The second kappa shape index (κ2) is 6.00. The molecule has 0 spiro atoms. The summed E-state index contributed by atoms with van der Waals surface area (Å²) in [5.74, 6) is 0. The third kappa shape index (κ3) is 3.43. The largest absolute Gasteiger partial charge is 0.345 e. The number of nitrogens with one attached hydrogen (secondary N) is 1. The van der Waals surface area contributed by atoms with Crippen molar-refractivity contribution in [3.8, 4) is 0 Å². The molecular weight excluding hydrogens is 216 g/mol. The Hall–Kier alpha value is -1.10. The molecule has 5 nitrogen and oxygen atoms in total. The smallest absolute Gasteiger partial charge is 0.314 e. The highest BCUT2D eigenvalue weighted by Crippen LogP contribution is 2.17. The minimum absolute atomic E-state index is 0.0253.